The van der Waals surface area contributed by atoms with Gasteiger partial charge in [0.25, 0.3) is 5.91 Å². The summed E-state index contributed by atoms with van der Waals surface area (Å²) in [5.41, 5.74) is 0.571. The summed E-state index contributed by atoms with van der Waals surface area (Å²) in [5.74, 6) is -1.12. The van der Waals surface area contributed by atoms with Crippen molar-refractivity contribution in [3.63, 3.8) is 0 Å². The Labute approximate surface area is 115 Å². The molecule has 19 heavy (non-hydrogen) atoms. The molecule has 0 radical (unpaired) electrons. The van der Waals surface area contributed by atoms with Gasteiger partial charge in [0.05, 0.1) is 0 Å². The fraction of sp³-hybridized carbons (Fsp3) is 0.417. The van der Waals surface area contributed by atoms with Crippen LogP contribution in [0.25, 0.3) is 0 Å². The number of aliphatic carboxylic acids is 1. The first-order chi connectivity index (χ1) is 8.95. The Morgan fingerprint density at radius 3 is 2.63 bits per heavy atom. The van der Waals surface area contributed by atoms with E-state index in [1.807, 2.05) is 6.26 Å². The molecule has 0 unspecified atom stereocenters. The standard InChI is InChI=1S/C12H16N2O4S/c1-7(15)8-5-10(13-6-8)11(16)14-9(12(17)18)3-4-19-2/h5-6,9,13H,3-4H2,1-2H3,(H,14,16)(H,17,18)/t9-/m1/s1. The molecule has 1 heterocycles. The van der Waals surface area contributed by atoms with Crippen molar-refractivity contribution in [2.45, 2.75) is 19.4 Å². The number of carboxylic acid groups (broad SMARTS) is 1. The molecular formula is C12H16N2O4S. The van der Waals surface area contributed by atoms with E-state index in [9.17, 15) is 14.4 Å². The Morgan fingerprint density at radius 2 is 2.16 bits per heavy atom. The van der Waals surface area contributed by atoms with Crippen LogP contribution in [0.3, 0.4) is 0 Å². The lowest BCUT2D eigenvalue weighted by atomic mass is 10.2. The summed E-state index contributed by atoms with van der Waals surface area (Å²) in [6.07, 6.45) is 3.64. The number of hydrogen-bond donors (Lipinski definition) is 3. The Kier molecular flexibility index (Phi) is 5.62. The predicted octanol–water partition coefficient (Wildman–Crippen LogP) is 1.15. The molecule has 0 spiro atoms. The zero-order chi connectivity index (χ0) is 14.4. The molecule has 0 fully saturated rings. The first kappa shape index (κ1) is 15.3. The van der Waals surface area contributed by atoms with Gasteiger partial charge in [0.1, 0.15) is 11.7 Å². The number of aromatic amines is 1. The molecular weight excluding hydrogens is 268 g/mol. The second kappa shape index (κ2) is 6.98. The molecule has 6 nitrogen and oxygen atoms in total. The monoisotopic (exact) mass is 284 g/mol. The zero-order valence-electron chi connectivity index (χ0n) is 10.7. The van der Waals surface area contributed by atoms with E-state index in [1.54, 1.807) is 0 Å². The minimum Gasteiger partial charge on any atom is -0.480 e. The molecule has 0 saturated heterocycles. The summed E-state index contributed by atoms with van der Waals surface area (Å²) in [6.45, 7) is 1.39. The van der Waals surface area contributed by atoms with Gasteiger partial charge in [-0.3, -0.25) is 9.59 Å². The van der Waals surface area contributed by atoms with E-state index in [1.165, 1.54) is 30.9 Å². The van der Waals surface area contributed by atoms with Gasteiger partial charge < -0.3 is 15.4 Å². The van der Waals surface area contributed by atoms with Gasteiger partial charge in [-0.1, -0.05) is 0 Å². The van der Waals surface area contributed by atoms with E-state index in [-0.39, 0.29) is 11.5 Å². The van der Waals surface area contributed by atoms with Crippen LogP contribution in [0, 0.1) is 0 Å². The van der Waals surface area contributed by atoms with E-state index in [4.69, 9.17) is 5.11 Å². The highest BCUT2D eigenvalue weighted by Gasteiger charge is 2.21. The summed E-state index contributed by atoms with van der Waals surface area (Å²) >= 11 is 1.51. The first-order valence-electron chi connectivity index (χ1n) is 5.67. The van der Waals surface area contributed by atoms with Crippen LogP contribution < -0.4 is 5.32 Å². The van der Waals surface area contributed by atoms with Gasteiger partial charge in [-0.25, -0.2) is 4.79 Å². The van der Waals surface area contributed by atoms with Crippen molar-refractivity contribution in [2.24, 2.45) is 0 Å². The smallest absolute Gasteiger partial charge is 0.326 e. The summed E-state index contributed by atoms with van der Waals surface area (Å²) in [5, 5.41) is 11.4. The van der Waals surface area contributed by atoms with Gasteiger partial charge in [-0.2, -0.15) is 11.8 Å². The van der Waals surface area contributed by atoms with Crippen LogP contribution in [-0.4, -0.2) is 45.8 Å². The fourth-order valence-electron chi connectivity index (χ4n) is 1.46. The van der Waals surface area contributed by atoms with Gasteiger partial charge >= 0.3 is 5.97 Å². The van der Waals surface area contributed by atoms with Gasteiger partial charge in [-0.15, -0.1) is 0 Å². The maximum Gasteiger partial charge on any atom is 0.326 e. The normalized spacial score (nSPS) is 11.9. The molecule has 1 aromatic rings. The van der Waals surface area contributed by atoms with E-state index in [0.717, 1.165) is 0 Å². The number of nitrogens with one attached hydrogen (secondary N) is 2. The first-order valence-corrected chi connectivity index (χ1v) is 7.07. The highest BCUT2D eigenvalue weighted by molar-refractivity contribution is 7.98. The molecule has 0 saturated carbocycles. The zero-order valence-corrected chi connectivity index (χ0v) is 11.5. The number of H-pyrrole nitrogens is 1. The van der Waals surface area contributed by atoms with Crippen LogP contribution in [0.5, 0.6) is 0 Å². The number of aromatic nitrogens is 1. The van der Waals surface area contributed by atoms with Crippen LogP contribution in [0.1, 0.15) is 34.2 Å². The van der Waals surface area contributed by atoms with E-state index < -0.39 is 17.9 Å². The third-order valence-corrected chi connectivity index (χ3v) is 3.19. The molecule has 1 atom stereocenters. The molecule has 0 aliphatic carbocycles. The highest BCUT2D eigenvalue weighted by Crippen LogP contribution is 2.06. The lowest BCUT2D eigenvalue weighted by Crippen LogP contribution is -2.41. The molecule has 1 aromatic heterocycles. The minimum absolute atomic E-state index is 0.160. The highest BCUT2D eigenvalue weighted by atomic mass is 32.2. The number of carboxylic acids is 1. The molecule has 0 bridgehead atoms. The number of carbonyl (C=O) groups is 3. The topological polar surface area (TPSA) is 99.3 Å². The molecule has 1 amide bonds. The largest absolute Gasteiger partial charge is 0.480 e. The van der Waals surface area contributed by atoms with E-state index >= 15 is 0 Å². The number of hydrogen-bond acceptors (Lipinski definition) is 4. The SMILES string of the molecule is CSCC[C@@H](NC(=O)c1cc(C(C)=O)c[nH]1)C(=O)O. The summed E-state index contributed by atoms with van der Waals surface area (Å²) in [7, 11) is 0. The van der Waals surface area contributed by atoms with Crippen molar-refractivity contribution in [2.75, 3.05) is 12.0 Å². The molecule has 0 aliphatic rings. The van der Waals surface area contributed by atoms with Crippen molar-refractivity contribution in [1.29, 1.82) is 0 Å². The van der Waals surface area contributed by atoms with Crippen LogP contribution >= 0.6 is 11.8 Å². The van der Waals surface area contributed by atoms with Gasteiger partial charge in [0, 0.05) is 11.8 Å². The third kappa shape index (κ3) is 4.44. The molecule has 104 valence electrons. The lowest BCUT2D eigenvalue weighted by molar-refractivity contribution is -0.139. The number of rotatable bonds is 7. The molecule has 0 aliphatic heterocycles. The van der Waals surface area contributed by atoms with Crippen molar-refractivity contribution in [1.82, 2.24) is 10.3 Å². The van der Waals surface area contributed by atoms with Crippen LogP contribution in [0.4, 0.5) is 0 Å². The Morgan fingerprint density at radius 1 is 1.47 bits per heavy atom. The van der Waals surface area contributed by atoms with Crippen LogP contribution in [0.15, 0.2) is 12.3 Å². The molecule has 7 heteroatoms. The molecule has 3 N–H and O–H groups in total. The fourth-order valence-corrected chi connectivity index (χ4v) is 1.93. The third-order valence-electron chi connectivity index (χ3n) is 2.55. The minimum atomic E-state index is -1.07. The summed E-state index contributed by atoms with van der Waals surface area (Å²) in [4.78, 5) is 36.6. The number of carbonyl (C=O) groups excluding carboxylic acids is 2. The van der Waals surface area contributed by atoms with Crippen molar-refractivity contribution >= 4 is 29.4 Å². The van der Waals surface area contributed by atoms with Crippen molar-refractivity contribution < 1.29 is 19.5 Å². The second-order valence-corrected chi connectivity index (χ2v) is 4.99. The Hall–Kier alpha value is -1.76. The Bertz CT molecular complexity index is 484. The predicted molar refractivity (Wildman–Crippen MR) is 72.7 cm³/mol. The lowest BCUT2D eigenvalue weighted by Gasteiger charge is -2.13. The summed E-state index contributed by atoms with van der Waals surface area (Å²) in [6, 6.07) is 0.481. The average molecular weight is 284 g/mol. The van der Waals surface area contributed by atoms with Crippen molar-refractivity contribution in [3.05, 3.63) is 23.5 Å². The van der Waals surface area contributed by atoms with E-state index in [2.05, 4.69) is 10.3 Å². The maximum absolute atomic E-state index is 11.8. The molecule has 1 rings (SSSR count). The molecule has 0 aromatic carbocycles. The quantitative estimate of drug-likeness (QED) is 0.652. The Balaban J connectivity index is 2.70. The maximum atomic E-state index is 11.8. The second-order valence-electron chi connectivity index (χ2n) is 4.00. The average Bonchev–Trinajstić information content (AvgIpc) is 2.83. The number of Topliss-reactive ketones (excluding diaryl/α,β-unsaturated/α-hetero) is 1. The van der Waals surface area contributed by atoms with Gasteiger partial charge in [-0.05, 0) is 31.4 Å². The van der Waals surface area contributed by atoms with Gasteiger partial charge in [0.15, 0.2) is 5.78 Å². The van der Waals surface area contributed by atoms with Crippen molar-refractivity contribution in [3.8, 4) is 0 Å². The van der Waals surface area contributed by atoms with E-state index in [0.29, 0.717) is 17.7 Å². The van der Waals surface area contributed by atoms with Gasteiger partial charge in [0.2, 0.25) is 0 Å². The summed E-state index contributed by atoms with van der Waals surface area (Å²) < 4.78 is 0. The van der Waals surface area contributed by atoms with Crippen LogP contribution in [0.2, 0.25) is 0 Å². The van der Waals surface area contributed by atoms with Crippen LogP contribution in [-0.2, 0) is 4.79 Å². The number of amides is 1. The number of thioether (sulfide) groups is 1. The number of ketones is 1.